The van der Waals surface area contributed by atoms with Crippen LogP contribution in [0.15, 0.2) is 97.2 Å². The number of rotatable bonds is 54. The van der Waals surface area contributed by atoms with Crippen molar-refractivity contribution >= 4 is 17.9 Å². The van der Waals surface area contributed by atoms with Gasteiger partial charge in [0.1, 0.15) is 13.2 Å². The van der Waals surface area contributed by atoms with Crippen molar-refractivity contribution in [3.8, 4) is 0 Å². The molecule has 0 saturated heterocycles. The Morgan fingerprint density at radius 1 is 0.292 bits per heavy atom. The van der Waals surface area contributed by atoms with Crippen molar-refractivity contribution in [2.75, 3.05) is 13.2 Å². The number of carbonyl (C=O) groups excluding carboxylic acids is 3. The Morgan fingerprint density at radius 2 is 0.542 bits per heavy atom. The van der Waals surface area contributed by atoms with E-state index in [9.17, 15) is 14.4 Å². The number of allylic oxidation sites excluding steroid dienone is 16. The Bertz CT molecular complexity index is 1430. The first kappa shape index (κ1) is 68.3. The van der Waals surface area contributed by atoms with E-state index in [2.05, 4.69) is 118 Å². The SMILES string of the molecule is CC/C=C\C/C=C\C/C=C\C/C=C\C/C=C\C/C=C\C/C=C\CCCCCC(=O)OCC(COC(=O)CCCCCCCC)OC(=O)CCCCCCCCCCCCC/C=C\CCCCCCCCCC. The number of carbonyl (C=O) groups is 3. The summed E-state index contributed by atoms with van der Waals surface area (Å²) in [5, 5.41) is 0. The van der Waals surface area contributed by atoms with Crippen molar-refractivity contribution in [1.82, 2.24) is 0 Å². The summed E-state index contributed by atoms with van der Waals surface area (Å²) >= 11 is 0. The maximum Gasteiger partial charge on any atom is 0.306 e. The molecular weight excluding hydrogens is 889 g/mol. The molecule has 0 radical (unpaired) electrons. The maximum atomic E-state index is 12.8. The van der Waals surface area contributed by atoms with Gasteiger partial charge < -0.3 is 14.2 Å². The monoisotopic (exact) mass is 1000 g/mol. The largest absolute Gasteiger partial charge is 0.462 e. The van der Waals surface area contributed by atoms with Crippen molar-refractivity contribution in [1.29, 1.82) is 0 Å². The van der Waals surface area contributed by atoms with Crippen LogP contribution >= 0.6 is 0 Å². The van der Waals surface area contributed by atoms with Crippen LogP contribution in [0.2, 0.25) is 0 Å². The van der Waals surface area contributed by atoms with Gasteiger partial charge >= 0.3 is 17.9 Å². The fourth-order valence-corrected chi connectivity index (χ4v) is 8.30. The highest BCUT2D eigenvalue weighted by Gasteiger charge is 2.19. The van der Waals surface area contributed by atoms with Crippen LogP contribution in [0.5, 0.6) is 0 Å². The molecule has 0 aromatic heterocycles. The molecule has 0 aromatic rings. The van der Waals surface area contributed by atoms with Crippen LogP contribution in [0.3, 0.4) is 0 Å². The third kappa shape index (κ3) is 57.2. The van der Waals surface area contributed by atoms with Crippen molar-refractivity contribution < 1.29 is 28.6 Å². The average molecular weight is 1000 g/mol. The third-order valence-electron chi connectivity index (χ3n) is 12.8. The van der Waals surface area contributed by atoms with Crippen LogP contribution in [-0.4, -0.2) is 37.2 Å². The lowest BCUT2D eigenvalue weighted by Gasteiger charge is -2.18. The summed E-state index contributed by atoms with van der Waals surface area (Å²) in [6.45, 7) is 6.45. The molecule has 0 rings (SSSR count). The molecule has 72 heavy (non-hydrogen) atoms. The second-order valence-corrected chi connectivity index (χ2v) is 19.9. The van der Waals surface area contributed by atoms with Crippen molar-refractivity contribution in [2.24, 2.45) is 0 Å². The van der Waals surface area contributed by atoms with E-state index in [1.54, 1.807) is 0 Å². The van der Waals surface area contributed by atoms with Crippen LogP contribution in [0.1, 0.15) is 284 Å². The van der Waals surface area contributed by atoms with E-state index < -0.39 is 6.10 Å². The van der Waals surface area contributed by atoms with Gasteiger partial charge in [0.05, 0.1) is 0 Å². The minimum Gasteiger partial charge on any atom is -0.462 e. The number of esters is 3. The Kier molecular flexibility index (Phi) is 56.8. The molecule has 0 N–H and O–H groups in total. The summed E-state index contributed by atoms with van der Waals surface area (Å²) in [4.78, 5) is 37.9. The first-order valence-electron chi connectivity index (χ1n) is 30.2. The van der Waals surface area contributed by atoms with E-state index in [1.165, 1.54) is 135 Å². The number of hydrogen-bond donors (Lipinski definition) is 0. The lowest BCUT2D eigenvalue weighted by Crippen LogP contribution is -2.30. The first-order chi connectivity index (χ1) is 35.5. The topological polar surface area (TPSA) is 78.9 Å². The van der Waals surface area contributed by atoms with Crippen LogP contribution in [-0.2, 0) is 28.6 Å². The van der Waals surface area contributed by atoms with Gasteiger partial charge in [0.2, 0.25) is 0 Å². The van der Waals surface area contributed by atoms with Crippen LogP contribution in [0.25, 0.3) is 0 Å². The van der Waals surface area contributed by atoms with Crippen molar-refractivity contribution in [3.63, 3.8) is 0 Å². The van der Waals surface area contributed by atoms with Gasteiger partial charge in [-0.05, 0) is 103 Å². The summed E-state index contributed by atoms with van der Waals surface area (Å²) in [7, 11) is 0. The molecule has 6 heteroatoms. The van der Waals surface area contributed by atoms with Gasteiger partial charge in [0, 0.05) is 19.3 Å². The second-order valence-electron chi connectivity index (χ2n) is 19.9. The Morgan fingerprint density at radius 3 is 0.875 bits per heavy atom. The first-order valence-corrected chi connectivity index (χ1v) is 30.2. The molecule has 0 spiro atoms. The number of unbranched alkanes of at least 4 members (excludes halogenated alkanes) is 27. The second kappa shape index (κ2) is 59.9. The van der Waals surface area contributed by atoms with Crippen LogP contribution < -0.4 is 0 Å². The molecule has 0 bridgehead atoms. The highest BCUT2D eigenvalue weighted by molar-refractivity contribution is 5.71. The minimum atomic E-state index is -0.790. The predicted molar refractivity (Wildman–Crippen MR) is 311 cm³/mol. The van der Waals surface area contributed by atoms with Gasteiger partial charge in [-0.25, -0.2) is 0 Å². The molecule has 0 fully saturated rings. The molecular formula is C66H112O6. The quantitative estimate of drug-likeness (QED) is 0.0261. The zero-order valence-corrected chi connectivity index (χ0v) is 47.2. The average Bonchev–Trinajstić information content (AvgIpc) is 3.38. The van der Waals surface area contributed by atoms with Crippen molar-refractivity contribution in [2.45, 2.75) is 290 Å². The molecule has 412 valence electrons. The summed E-state index contributed by atoms with van der Waals surface area (Å²) in [5.41, 5.74) is 0. The molecule has 0 aliphatic carbocycles. The number of ether oxygens (including phenoxy) is 3. The molecule has 0 aliphatic heterocycles. The van der Waals surface area contributed by atoms with E-state index in [0.717, 1.165) is 109 Å². The van der Waals surface area contributed by atoms with Gasteiger partial charge in [0.25, 0.3) is 0 Å². The molecule has 1 unspecified atom stereocenters. The van der Waals surface area contributed by atoms with Gasteiger partial charge in [-0.2, -0.15) is 0 Å². The molecule has 0 amide bonds. The zero-order chi connectivity index (χ0) is 52.2. The summed E-state index contributed by atoms with van der Waals surface area (Å²) < 4.78 is 16.8. The van der Waals surface area contributed by atoms with Gasteiger partial charge in [-0.1, -0.05) is 259 Å². The normalized spacial score (nSPS) is 12.8. The van der Waals surface area contributed by atoms with E-state index in [1.807, 2.05) is 0 Å². The van der Waals surface area contributed by atoms with E-state index in [4.69, 9.17) is 14.2 Å². The highest BCUT2D eigenvalue weighted by atomic mass is 16.6. The Hall–Kier alpha value is -3.67. The Labute approximate surface area is 445 Å². The van der Waals surface area contributed by atoms with E-state index >= 15 is 0 Å². The maximum absolute atomic E-state index is 12.8. The lowest BCUT2D eigenvalue weighted by molar-refractivity contribution is -0.167. The molecule has 0 aliphatic rings. The van der Waals surface area contributed by atoms with Gasteiger partial charge in [-0.15, -0.1) is 0 Å². The summed E-state index contributed by atoms with van der Waals surface area (Å²) in [6, 6.07) is 0. The van der Waals surface area contributed by atoms with E-state index in [-0.39, 0.29) is 31.1 Å². The third-order valence-corrected chi connectivity index (χ3v) is 12.8. The predicted octanol–water partition coefficient (Wildman–Crippen LogP) is 20.5. The number of hydrogen-bond acceptors (Lipinski definition) is 6. The Balaban J connectivity index is 4.20. The molecule has 1 atom stereocenters. The van der Waals surface area contributed by atoms with Crippen molar-refractivity contribution in [3.05, 3.63) is 97.2 Å². The van der Waals surface area contributed by atoms with Gasteiger partial charge in [-0.3, -0.25) is 14.4 Å². The van der Waals surface area contributed by atoms with Crippen LogP contribution in [0, 0.1) is 0 Å². The highest BCUT2D eigenvalue weighted by Crippen LogP contribution is 2.15. The molecule has 0 aromatic carbocycles. The molecule has 0 heterocycles. The van der Waals surface area contributed by atoms with Gasteiger partial charge in [0.15, 0.2) is 6.10 Å². The fourth-order valence-electron chi connectivity index (χ4n) is 8.30. The lowest BCUT2D eigenvalue weighted by atomic mass is 10.0. The fraction of sp³-hybridized carbons (Fsp3) is 0.712. The van der Waals surface area contributed by atoms with E-state index in [0.29, 0.717) is 19.3 Å². The van der Waals surface area contributed by atoms with Crippen LogP contribution in [0.4, 0.5) is 0 Å². The zero-order valence-electron chi connectivity index (χ0n) is 47.2. The summed E-state index contributed by atoms with van der Waals surface area (Å²) in [6.07, 6.45) is 80.1. The standard InChI is InChI=1S/C66H112O6/c1-4-7-10-13-16-18-20-22-24-26-28-30-32-33-35-36-38-40-42-44-46-48-50-53-56-59-65(68)71-62-63(61-70-64(67)58-55-52-15-12-9-6-3)72-66(69)60-57-54-51-49-47-45-43-41-39-37-34-31-29-27-25-23-21-19-17-14-11-8-5-2/h7,10,16,18,22,24,27-30,33,35,38,40,44,46,63H,4-6,8-9,11-15,17,19-21,23,25-26,31-32,34,36-37,39,41-43,45,47-62H2,1-3H3/b10-7-,18-16-,24-22-,29-27-,30-28-,35-33-,40-38-,46-44-. The minimum absolute atomic E-state index is 0.0883. The molecule has 6 nitrogen and oxygen atoms in total. The summed E-state index contributed by atoms with van der Waals surface area (Å²) in [5.74, 6) is -0.928. The molecule has 0 saturated carbocycles. The smallest absolute Gasteiger partial charge is 0.306 e.